The second-order valence-electron chi connectivity index (χ2n) is 4.30. The smallest absolute Gasteiger partial charge is 0.338 e. The lowest BCUT2D eigenvalue weighted by Gasteiger charge is -2.06. The summed E-state index contributed by atoms with van der Waals surface area (Å²) in [5.41, 5.74) is 0.285. The molecule has 0 fully saturated rings. The van der Waals surface area contributed by atoms with Gasteiger partial charge >= 0.3 is 5.97 Å². The van der Waals surface area contributed by atoms with Crippen molar-refractivity contribution >= 4 is 17.7 Å². The van der Waals surface area contributed by atoms with E-state index in [4.69, 9.17) is 4.74 Å². The molecule has 2 rings (SSSR count). The number of esters is 1. The fourth-order valence-corrected chi connectivity index (χ4v) is 2.20. The lowest BCUT2D eigenvalue weighted by atomic mass is 10.2. The van der Waals surface area contributed by atoms with Gasteiger partial charge in [0.25, 0.3) is 5.76 Å². The number of thioether (sulfide) groups is 1. The average molecular weight is 328 g/mol. The zero-order valence-electron chi connectivity index (χ0n) is 11.8. The van der Waals surface area contributed by atoms with E-state index in [1.807, 2.05) is 6.92 Å². The van der Waals surface area contributed by atoms with Crippen molar-refractivity contribution in [3.05, 3.63) is 35.7 Å². The number of carbonyl (C=O) groups is 1. The summed E-state index contributed by atoms with van der Waals surface area (Å²) in [4.78, 5) is 12.3. The number of hydrogen-bond acceptors (Lipinski definition) is 6. The molecule has 0 aliphatic carbocycles. The lowest BCUT2D eigenvalue weighted by Crippen LogP contribution is -2.11. The first-order chi connectivity index (χ1) is 10.6. The lowest BCUT2D eigenvalue weighted by molar-refractivity contribution is 0.0456. The van der Waals surface area contributed by atoms with E-state index in [1.54, 1.807) is 4.68 Å². The van der Waals surface area contributed by atoms with Crippen molar-refractivity contribution in [3.63, 3.8) is 0 Å². The normalized spacial score (nSPS) is 10.9. The van der Waals surface area contributed by atoms with Gasteiger partial charge in [-0.25, -0.2) is 9.48 Å². The molecule has 1 aromatic heterocycles. The fourth-order valence-electron chi connectivity index (χ4n) is 1.70. The van der Waals surface area contributed by atoms with Gasteiger partial charge in [0.15, 0.2) is 12.4 Å². The quantitative estimate of drug-likeness (QED) is 0.575. The van der Waals surface area contributed by atoms with Gasteiger partial charge in [0.2, 0.25) is 0 Å². The molecule has 1 heterocycles. The molecule has 0 aliphatic rings. The summed E-state index contributed by atoms with van der Waals surface area (Å²) in [5, 5.41) is 11.1. The molecule has 0 radical (unpaired) electrons. The number of ether oxygens (including phenoxy) is 1. The van der Waals surface area contributed by atoms with Crippen molar-refractivity contribution in [2.24, 2.45) is 0 Å². The van der Waals surface area contributed by atoms with Crippen LogP contribution in [0.1, 0.15) is 29.5 Å². The molecule has 0 amide bonds. The number of nitrogens with zero attached hydrogens (tertiary/aromatic N) is 4. The molecular weight excluding hydrogens is 314 g/mol. The molecule has 0 aliphatic heterocycles. The van der Waals surface area contributed by atoms with Gasteiger partial charge in [0.1, 0.15) is 0 Å². The Hall–Kier alpha value is -2.03. The van der Waals surface area contributed by atoms with Gasteiger partial charge in [0.05, 0.1) is 5.56 Å². The molecule has 6 nitrogen and oxygen atoms in total. The van der Waals surface area contributed by atoms with E-state index < -0.39 is 11.7 Å². The number of rotatable bonds is 7. The van der Waals surface area contributed by atoms with Crippen LogP contribution in [-0.2, 0) is 17.9 Å². The number of tetrazole rings is 1. The summed E-state index contributed by atoms with van der Waals surface area (Å²) in [5.74, 6) is -2.59. The molecule has 22 heavy (non-hydrogen) atoms. The first-order valence-corrected chi connectivity index (χ1v) is 7.45. The van der Waals surface area contributed by atoms with E-state index in [0.29, 0.717) is 29.0 Å². The summed E-state index contributed by atoms with van der Waals surface area (Å²) in [6.45, 7) is 2.58. The van der Waals surface area contributed by atoms with E-state index in [9.17, 15) is 13.6 Å². The molecular formula is C13H14F2N4O2S. The number of aryl methyl sites for hydroxylation is 1. The molecule has 1 aromatic carbocycles. The highest BCUT2D eigenvalue weighted by molar-refractivity contribution is 7.99. The molecule has 118 valence electrons. The summed E-state index contributed by atoms with van der Waals surface area (Å²) >= 11 is 0.422. The third kappa shape index (κ3) is 4.48. The van der Waals surface area contributed by atoms with E-state index in [-0.39, 0.29) is 12.2 Å². The van der Waals surface area contributed by atoms with Crippen LogP contribution >= 0.6 is 11.8 Å². The van der Waals surface area contributed by atoms with Gasteiger partial charge in [-0.05, 0) is 41.1 Å². The Morgan fingerprint density at radius 1 is 1.36 bits per heavy atom. The average Bonchev–Trinajstić information content (AvgIpc) is 2.93. The van der Waals surface area contributed by atoms with Gasteiger partial charge in [-0.2, -0.15) is 8.78 Å². The van der Waals surface area contributed by atoms with Crippen LogP contribution in [0.5, 0.6) is 0 Å². The minimum absolute atomic E-state index is 0.0423. The molecule has 9 heteroatoms. The van der Waals surface area contributed by atoms with Crippen molar-refractivity contribution in [2.75, 3.05) is 0 Å². The molecule has 0 bridgehead atoms. The van der Waals surface area contributed by atoms with Crippen LogP contribution in [0.3, 0.4) is 0 Å². The number of benzene rings is 1. The first kappa shape index (κ1) is 16.3. The maximum atomic E-state index is 12.2. The van der Waals surface area contributed by atoms with Crippen LogP contribution in [0.15, 0.2) is 29.2 Å². The van der Waals surface area contributed by atoms with E-state index in [1.165, 1.54) is 24.3 Å². The fraction of sp³-hybridized carbons (Fsp3) is 0.385. The highest BCUT2D eigenvalue weighted by Crippen LogP contribution is 2.25. The van der Waals surface area contributed by atoms with Gasteiger partial charge in [-0.1, -0.05) is 18.7 Å². The first-order valence-electron chi connectivity index (χ1n) is 6.57. The number of halogens is 2. The maximum absolute atomic E-state index is 12.2. The van der Waals surface area contributed by atoms with Gasteiger partial charge < -0.3 is 4.74 Å². The highest BCUT2D eigenvalue weighted by atomic mass is 32.2. The van der Waals surface area contributed by atoms with E-state index in [2.05, 4.69) is 15.5 Å². The summed E-state index contributed by atoms with van der Waals surface area (Å²) in [7, 11) is 0. The van der Waals surface area contributed by atoms with Crippen LogP contribution in [0.25, 0.3) is 0 Å². The number of aromatic nitrogens is 4. The predicted molar refractivity (Wildman–Crippen MR) is 75.5 cm³/mol. The Bertz CT molecular complexity index is 619. The molecule has 2 aromatic rings. The topological polar surface area (TPSA) is 69.9 Å². The van der Waals surface area contributed by atoms with Crippen molar-refractivity contribution in [1.29, 1.82) is 0 Å². The van der Waals surface area contributed by atoms with Crippen molar-refractivity contribution < 1.29 is 18.3 Å². The van der Waals surface area contributed by atoms with Gasteiger partial charge in [0, 0.05) is 11.4 Å². The second-order valence-corrected chi connectivity index (χ2v) is 5.36. The minimum atomic E-state index is -2.49. The third-order valence-electron chi connectivity index (χ3n) is 2.69. The predicted octanol–water partition coefficient (Wildman–Crippen LogP) is 2.75. The van der Waals surface area contributed by atoms with Crippen LogP contribution in [-0.4, -0.2) is 31.9 Å². The minimum Gasteiger partial charge on any atom is -0.454 e. The van der Waals surface area contributed by atoms with Crippen LogP contribution in [0.2, 0.25) is 0 Å². The summed E-state index contributed by atoms with van der Waals surface area (Å²) < 4.78 is 31.1. The summed E-state index contributed by atoms with van der Waals surface area (Å²) in [6, 6.07) is 5.80. The second kappa shape index (κ2) is 7.83. The molecule has 0 spiro atoms. The SMILES string of the molecule is CCCn1nnnc1COC(=O)c1ccc(SC(F)F)cc1. The zero-order chi connectivity index (χ0) is 15.9. The van der Waals surface area contributed by atoms with Crippen LogP contribution in [0, 0.1) is 0 Å². The molecule has 0 saturated heterocycles. The highest BCUT2D eigenvalue weighted by Gasteiger charge is 2.12. The van der Waals surface area contributed by atoms with Gasteiger partial charge in [-0.15, -0.1) is 5.10 Å². The monoisotopic (exact) mass is 328 g/mol. The van der Waals surface area contributed by atoms with Crippen molar-refractivity contribution in [1.82, 2.24) is 20.2 Å². The Morgan fingerprint density at radius 3 is 2.73 bits per heavy atom. The van der Waals surface area contributed by atoms with E-state index >= 15 is 0 Å². The maximum Gasteiger partial charge on any atom is 0.338 e. The van der Waals surface area contributed by atoms with Gasteiger partial charge in [-0.3, -0.25) is 0 Å². The zero-order valence-corrected chi connectivity index (χ0v) is 12.6. The molecule has 0 saturated carbocycles. The summed E-state index contributed by atoms with van der Waals surface area (Å²) in [6.07, 6.45) is 0.856. The third-order valence-corrected chi connectivity index (χ3v) is 3.41. The molecule has 0 unspecified atom stereocenters. The van der Waals surface area contributed by atoms with Crippen molar-refractivity contribution in [3.8, 4) is 0 Å². The van der Waals surface area contributed by atoms with Crippen molar-refractivity contribution in [2.45, 2.75) is 37.1 Å². The Balaban J connectivity index is 1.93. The standard InChI is InChI=1S/C13H14F2N4O2S/c1-2-7-19-11(16-17-18-19)8-21-12(20)9-3-5-10(6-4-9)22-13(14)15/h3-6,13H,2,7-8H2,1H3. The Morgan fingerprint density at radius 2 is 2.09 bits per heavy atom. The number of hydrogen-bond donors (Lipinski definition) is 0. The van der Waals surface area contributed by atoms with Crippen LogP contribution < -0.4 is 0 Å². The van der Waals surface area contributed by atoms with E-state index in [0.717, 1.165) is 6.42 Å². The molecule has 0 N–H and O–H groups in total. The Labute approximate surface area is 129 Å². The largest absolute Gasteiger partial charge is 0.454 e. The number of alkyl halides is 2. The van der Waals surface area contributed by atoms with Crippen LogP contribution in [0.4, 0.5) is 8.78 Å². The Kier molecular flexibility index (Phi) is 5.82. The molecule has 0 atom stereocenters. The number of carbonyl (C=O) groups excluding carboxylic acids is 1.